The van der Waals surface area contributed by atoms with Gasteiger partial charge < -0.3 is 29.7 Å². The summed E-state index contributed by atoms with van der Waals surface area (Å²) < 4.78 is 88.2. The van der Waals surface area contributed by atoms with Crippen LogP contribution < -0.4 is 10.6 Å². The molecule has 0 radical (unpaired) electrons. The number of carbonyl (C=O) groups is 3. The number of ether oxygens (including phenoxy) is 3. The lowest BCUT2D eigenvalue weighted by atomic mass is 9.88. The van der Waals surface area contributed by atoms with Gasteiger partial charge in [-0.25, -0.2) is 35.4 Å². The Bertz CT molecular complexity index is 3400. The maximum absolute atomic E-state index is 14.4. The number of alkyl carbamates (subject to hydrolysis) is 2. The standard InChI is InChI=1S/C61H67N3O11S3/c1-7-38-29-41(10-4)56-47(32-38)50(44-19-13-16-22-53(44)76(56)68)37-75-61(67)64(27-25-62-59(65)73-35-51-45-20-14-17-23-54(45)77(69,70)57-42(11-5)30-39(8-2)33-48(51)57)28-26-63-60(66)74-36-52-46-21-15-18-24-55(46)78(71,72)58-43(12-6)31-40(9-3)34-49(52)58/h13-24,29-34,50-52H,7-12,25-28,35-37H2,1-6H3,(H,62,65)(H,63,66). The fourth-order valence-corrected chi connectivity index (χ4v) is 17.1. The number of nitrogens with zero attached hydrogens (tertiary/aromatic N) is 1. The number of amides is 3. The minimum Gasteiger partial charge on any atom is -0.449 e. The molecule has 0 aromatic heterocycles. The fourth-order valence-electron chi connectivity index (χ4n) is 11.3. The highest BCUT2D eigenvalue weighted by Gasteiger charge is 2.40. The molecular formula is C61H67N3O11S3. The van der Waals surface area contributed by atoms with Crippen LogP contribution in [0.2, 0.25) is 0 Å². The van der Waals surface area contributed by atoms with Crippen LogP contribution in [0, 0.1) is 0 Å². The highest BCUT2D eigenvalue weighted by atomic mass is 32.2. The first-order valence-electron chi connectivity index (χ1n) is 27.0. The summed E-state index contributed by atoms with van der Waals surface area (Å²) in [5.74, 6) is -1.56. The summed E-state index contributed by atoms with van der Waals surface area (Å²) in [6.07, 6.45) is 1.51. The second kappa shape index (κ2) is 23.6. The molecule has 410 valence electrons. The summed E-state index contributed by atoms with van der Waals surface area (Å²) in [7, 11) is -9.14. The average molecular weight is 1110 g/mol. The largest absolute Gasteiger partial charge is 0.449 e. The molecule has 6 aromatic rings. The van der Waals surface area contributed by atoms with Crippen molar-refractivity contribution in [1.29, 1.82) is 0 Å². The molecule has 4 atom stereocenters. The molecule has 0 aliphatic carbocycles. The number of aryl methyl sites for hydroxylation is 6. The van der Waals surface area contributed by atoms with E-state index in [-0.39, 0.29) is 65.6 Å². The van der Waals surface area contributed by atoms with E-state index in [0.717, 1.165) is 44.7 Å². The molecular weight excluding hydrogens is 1050 g/mol. The van der Waals surface area contributed by atoms with Gasteiger partial charge in [0.2, 0.25) is 19.7 Å². The van der Waals surface area contributed by atoms with E-state index in [1.54, 1.807) is 48.5 Å². The van der Waals surface area contributed by atoms with E-state index in [0.29, 0.717) is 70.4 Å². The second-order valence-corrected chi connectivity index (χ2v) is 24.9. The Hall–Kier alpha value is -6.82. The molecule has 3 heterocycles. The summed E-state index contributed by atoms with van der Waals surface area (Å²) in [5, 5.41) is 5.51. The molecule has 0 fully saturated rings. The molecule has 3 amide bonds. The zero-order chi connectivity index (χ0) is 55.5. The molecule has 0 bridgehead atoms. The van der Waals surface area contributed by atoms with Crippen LogP contribution in [0.1, 0.15) is 126 Å². The third kappa shape index (κ3) is 10.7. The maximum Gasteiger partial charge on any atom is 0.409 e. The van der Waals surface area contributed by atoms with Crippen molar-refractivity contribution in [2.45, 2.75) is 127 Å². The molecule has 78 heavy (non-hydrogen) atoms. The van der Waals surface area contributed by atoms with Gasteiger partial charge in [-0.2, -0.15) is 0 Å². The maximum atomic E-state index is 14.4. The van der Waals surface area contributed by atoms with Crippen molar-refractivity contribution >= 4 is 48.8 Å². The molecule has 0 spiro atoms. The highest BCUT2D eigenvalue weighted by Crippen LogP contribution is 2.47. The zero-order valence-corrected chi connectivity index (χ0v) is 47.4. The first-order chi connectivity index (χ1) is 37.6. The van der Waals surface area contributed by atoms with Crippen molar-refractivity contribution in [3.63, 3.8) is 0 Å². The monoisotopic (exact) mass is 1110 g/mol. The van der Waals surface area contributed by atoms with Crippen LogP contribution in [0.4, 0.5) is 14.4 Å². The van der Waals surface area contributed by atoms with Crippen LogP contribution in [0.15, 0.2) is 139 Å². The number of hydrogen-bond acceptors (Lipinski definition) is 11. The lowest BCUT2D eigenvalue weighted by Crippen LogP contribution is -2.43. The number of fused-ring (bicyclic) bond motifs is 6. The van der Waals surface area contributed by atoms with Gasteiger partial charge in [0.05, 0.1) is 35.3 Å². The molecule has 4 unspecified atom stereocenters. The number of nitrogens with one attached hydrogen (secondary N) is 2. The first-order valence-corrected chi connectivity index (χ1v) is 31.1. The van der Waals surface area contributed by atoms with Crippen molar-refractivity contribution in [2.24, 2.45) is 0 Å². The Morgan fingerprint density at radius 3 is 1.35 bits per heavy atom. The third-order valence-electron chi connectivity index (χ3n) is 15.3. The van der Waals surface area contributed by atoms with Crippen LogP contribution in [0.25, 0.3) is 0 Å². The smallest absolute Gasteiger partial charge is 0.409 e. The second-order valence-electron chi connectivity index (χ2n) is 19.8. The molecule has 17 heteroatoms. The van der Waals surface area contributed by atoms with Gasteiger partial charge in [0.15, 0.2) is 0 Å². The van der Waals surface area contributed by atoms with Gasteiger partial charge in [0.1, 0.15) is 19.8 Å². The summed E-state index contributed by atoms with van der Waals surface area (Å²) in [5.41, 5.74) is 9.30. The van der Waals surface area contributed by atoms with E-state index < -0.39 is 66.5 Å². The van der Waals surface area contributed by atoms with E-state index in [1.807, 2.05) is 89.2 Å². The molecule has 2 N–H and O–H groups in total. The van der Waals surface area contributed by atoms with E-state index >= 15 is 0 Å². The number of rotatable bonds is 18. The number of sulfone groups is 2. The Labute approximate surface area is 460 Å². The van der Waals surface area contributed by atoms with Crippen molar-refractivity contribution in [1.82, 2.24) is 15.5 Å². The predicted molar refractivity (Wildman–Crippen MR) is 298 cm³/mol. The predicted octanol–water partition coefficient (Wildman–Crippen LogP) is 10.5. The van der Waals surface area contributed by atoms with Crippen LogP contribution in [-0.4, -0.2) is 90.2 Å². The van der Waals surface area contributed by atoms with Gasteiger partial charge in [0.25, 0.3) is 0 Å². The van der Waals surface area contributed by atoms with Crippen molar-refractivity contribution < 1.29 is 49.6 Å². The van der Waals surface area contributed by atoms with Crippen molar-refractivity contribution in [2.75, 3.05) is 46.0 Å². The van der Waals surface area contributed by atoms with Gasteiger partial charge in [-0.1, -0.05) is 133 Å². The van der Waals surface area contributed by atoms with Crippen LogP contribution in [-0.2, 0) is 83.2 Å². The van der Waals surface area contributed by atoms with E-state index in [4.69, 9.17) is 14.2 Å². The van der Waals surface area contributed by atoms with Crippen molar-refractivity contribution in [3.8, 4) is 0 Å². The van der Waals surface area contributed by atoms with Gasteiger partial charge >= 0.3 is 18.3 Å². The molecule has 0 saturated heterocycles. The average Bonchev–Trinajstić information content (AvgIpc) is 3.65. The number of carbonyl (C=O) groups excluding carboxylic acids is 3. The lowest BCUT2D eigenvalue weighted by Gasteiger charge is -2.31. The zero-order valence-electron chi connectivity index (χ0n) is 45.0. The van der Waals surface area contributed by atoms with E-state index in [9.17, 15) is 35.4 Å². The quantitative estimate of drug-likeness (QED) is 0.0779. The number of hydrogen-bond donors (Lipinski definition) is 2. The Kier molecular flexibility index (Phi) is 17.0. The van der Waals surface area contributed by atoms with Gasteiger partial charge in [0, 0.05) is 48.8 Å². The first kappa shape index (κ1) is 55.9. The Morgan fingerprint density at radius 2 is 0.885 bits per heavy atom. The van der Waals surface area contributed by atoms with Crippen molar-refractivity contribution in [3.05, 3.63) is 176 Å². The van der Waals surface area contributed by atoms with Gasteiger partial charge in [-0.05, 0) is 123 Å². The Balaban J connectivity index is 0.917. The molecule has 3 aliphatic rings. The SMILES string of the molecule is CCc1cc(CC)c2c(c1)C(COC(=O)N(CCNC(=O)OCC1c3ccccc3S(=O)(=O)c3c(CC)cc(CC)cc31)CCNC(=O)OCC1c3ccccc3S(=O)(=O)c3c(CC)cc(CC)cc31)c1ccccc1S2=O. The summed E-state index contributed by atoms with van der Waals surface area (Å²) in [6, 6.07) is 32.8. The van der Waals surface area contributed by atoms with E-state index in [1.165, 1.54) is 4.90 Å². The fraction of sp³-hybridized carbons (Fsp3) is 0.361. The van der Waals surface area contributed by atoms with Gasteiger partial charge in [-0.15, -0.1) is 0 Å². The van der Waals surface area contributed by atoms with Crippen LogP contribution >= 0.6 is 0 Å². The molecule has 14 nitrogen and oxygen atoms in total. The third-order valence-corrected chi connectivity index (χ3v) is 20.9. The van der Waals surface area contributed by atoms with Crippen LogP contribution in [0.3, 0.4) is 0 Å². The highest BCUT2D eigenvalue weighted by molar-refractivity contribution is 7.92. The minimum atomic E-state index is -3.85. The normalized spacial score (nSPS) is 17.9. The van der Waals surface area contributed by atoms with E-state index in [2.05, 4.69) is 23.6 Å². The molecule has 9 rings (SSSR count). The molecule has 6 aromatic carbocycles. The molecule has 3 aliphatic heterocycles. The summed E-state index contributed by atoms with van der Waals surface area (Å²) in [4.78, 5) is 45.2. The minimum absolute atomic E-state index is 0.0663. The summed E-state index contributed by atoms with van der Waals surface area (Å²) in [6.45, 7) is 11.3. The number of benzene rings is 6. The van der Waals surface area contributed by atoms with Gasteiger partial charge in [-0.3, -0.25) is 0 Å². The Morgan fingerprint density at radius 1 is 0.487 bits per heavy atom. The lowest BCUT2D eigenvalue weighted by molar-refractivity contribution is 0.0969. The van der Waals surface area contributed by atoms with Crippen LogP contribution in [0.5, 0.6) is 0 Å². The summed E-state index contributed by atoms with van der Waals surface area (Å²) >= 11 is 0. The topological polar surface area (TPSA) is 192 Å². The molecule has 0 saturated carbocycles.